The quantitative estimate of drug-likeness (QED) is 0.746. The summed E-state index contributed by atoms with van der Waals surface area (Å²) in [4.78, 5) is 26.0. The number of nitrogens with one attached hydrogen (secondary N) is 1. The zero-order valence-electron chi connectivity index (χ0n) is 14.5. The lowest BCUT2D eigenvalue weighted by atomic mass is 10.2. The number of hydrogen-bond donors (Lipinski definition) is 1. The third-order valence-electron chi connectivity index (χ3n) is 4.08. The van der Waals surface area contributed by atoms with Gasteiger partial charge >= 0.3 is 5.97 Å². The van der Waals surface area contributed by atoms with Crippen LogP contribution in [-0.4, -0.2) is 61.0 Å². The van der Waals surface area contributed by atoms with Gasteiger partial charge in [0.05, 0.1) is 19.7 Å². The second kappa shape index (κ2) is 7.01. The van der Waals surface area contributed by atoms with E-state index in [0.29, 0.717) is 25.5 Å². The molecule has 0 spiro atoms. The van der Waals surface area contributed by atoms with Crippen LogP contribution < -0.4 is 5.32 Å². The Balaban J connectivity index is 1.64. The molecule has 25 heavy (non-hydrogen) atoms. The summed E-state index contributed by atoms with van der Waals surface area (Å²) in [5.74, 6) is 1.50. The maximum atomic E-state index is 12.6. The molecule has 0 saturated carbocycles. The van der Waals surface area contributed by atoms with E-state index in [4.69, 9.17) is 4.74 Å². The van der Waals surface area contributed by atoms with Crippen molar-refractivity contribution < 1.29 is 14.3 Å². The SMILES string of the molecule is CCOC(=O)Cn1ccc(NC(=O)C2Cn3c(C)nnc3CN2C)n1. The number of fused-ring (bicyclic) bond motifs is 1. The fourth-order valence-corrected chi connectivity index (χ4v) is 2.77. The van der Waals surface area contributed by atoms with Crippen LogP contribution in [0.15, 0.2) is 12.3 Å². The Morgan fingerprint density at radius 2 is 2.20 bits per heavy atom. The molecule has 1 N–H and O–H groups in total. The molecule has 1 amide bonds. The van der Waals surface area contributed by atoms with Crippen molar-refractivity contribution in [3.05, 3.63) is 23.9 Å². The van der Waals surface area contributed by atoms with Gasteiger partial charge in [-0.3, -0.25) is 19.2 Å². The van der Waals surface area contributed by atoms with Crippen molar-refractivity contribution in [2.45, 2.75) is 39.5 Å². The number of nitrogens with zero attached hydrogens (tertiary/aromatic N) is 6. The fourth-order valence-electron chi connectivity index (χ4n) is 2.77. The number of aromatic nitrogens is 5. The van der Waals surface area contributed by atoms with Crippen LogP contribution in [0.25, 0.3) is 0 Å². The van der Waals surface area contributed by atoms with Crippen LogP contribution in [0.5, 0.6) is 0 Å². The van der Waals surface area contributed by atoms with Gasteiger partial charge in [-0.25, -0.2) is 0 Å². The lowest BCUT2D eigenvalue weighted by molar-refractivity contribution is -0.144. The van der Waals surface area contributed by atoms with Crippen molar-refractivity contribution in [1.29, 1.82) is 0 Å². The molecular formula is C15H21N7O3. The van der Waals surface area contributed by atoms with E-state index >= 15 is 0 Å². The van der Waals surface area contributed by atoms with Crippen LogP contribution in [0.4, 0.5) is 5.82 Å². The molecule has 2 aromatic rings. The van der Waals surface area contributed by atoms with Crippen molar-refractivity contribution >= 4 is 17.7 Å². The number of anilines is 1. The first kappa shape index (κ1) is 17.1. The molecule has 10 nitrogen and oxygen atoms in total. The van der Waals surface area contributed by atoms with Gasteiger partial charge < -0.3 is 14.6 Å². The zero-order chi connectivity index (χ0) is 18.0. The molecule has 0 fully saturated rings. The number of amides is 1. The van der Waals surface area contributed by atoms with Gasteiger partial charge in [0.15, 0.2) is 5.82 Å². The van der Waals surface area contributed by atoms with Crippen LogP contribution in [0, 0.1) is 6.92 Å². The summed E-state index contributed by atoms with van der Waals surface area (Å²) in [7, 11) is 1.87. The van der Waals surface area contributed by atoms with Gasteiger partial charge in [0.1, 0.15) is 24.2 Å². The predicted octanol–water partition coefficient (Wildman–Crippen LogP) is -0.201. The highest BCUT2D eigenvalue weighted by Gasteiger charge is 2.31. The van der Waals surface area contributed by atoms with Crippen LogP contribution in [0.1, 0.15) is 18.6 Å². The summed E-state index contributed by atoms with van der Waals surface area (Å²) in [6.07, 6.45) is 1.62. The average molecular weight is 347 g/mol. The summed E-state index contributed by atoms with van der Waals surface area (Å²) in [5, 5.41) is 15.1. The minimum atomic E-state index is -0.369. The average Bonchev–Trinajstić information content (AvgIpc) is 3.13. The molecule has 1 aliphatic rings. The maximum absolute atomic E-state index is 12.6. The van der Waals surface area contributed by atoms with Crippen LogP contribution in [0.3, 0.4) is 0 Å². The van der Waals surface area contributed by atoms with Gasteiger partial charge in [0.2, 0.25) is 5.91 Å². The lowest BCUT2D eigenvalue weighted by Gasteiger charge is -2.31. The lowest BCUT2D eigenvalue weighted by Crippen LogP contribution is -2.48. The second-order valence-electron chi connectivity index (χ2n) is 5.90. The molecule has 2 aromatic heterocycles. The van der Waals surface area contributed by atoms with E-state index in [0.717, 1.165) is 11.6 Å². The van der Waals surface area contributed by atoms with Crippen molar-refractivity contribution in [1.82, 2.24) is 29.4 Å². The number of aryl methyl sites for hydroxylation is 1. The van der Waals surface area contributed by atoms with Crippen LogP contribution in [-0.2, 0) is 34.0 Å². The summed E-state index contributed by atoms with van der Waals surface area (Å²) in [6.45, 7) is 4.98. The van der Waals surface area contributed by atoms with Crippen molar-refractivity contribution in [3.63, 3.8) is 0 Å². The summed E-state index contributed by atoms with van der Waals surface area (Å²) in [5.41, 5.74) is 0. The van der Waals surface area contributed by atoms with Crippen molar-refractivity contribution in [2.24, 2.45) is 0 Å². The molecule has 1 unspecified atom stereocenters. The Morgan fingerprint density at radius 1 is 1.40 bits per heavy atom. The Labute approximate surface area is 144 Å². The molecule has 1 aliphatic heterocycles. The van der Waals surface area contributed by atoms with E-state index in [2.05, 4.69) is 20.6 Å². The molecule has 0 saturated heterocycles. The molecule has 134 valence electrons. The molecule has 1 atom stereocenters. The number of rotatable bonds is 5. The third kappa shape index (κ3) is 3.68. The Hall–Kier alpha value is -2.75. The first-order valence-corrected chi connectivity index (χ1v) is 8.06. The van der Waals surface area contributed by atoms with E-state index < -0.39 is 0 Å². The van der Waals surface area contributed by atoms with E-state index in [9.17, 15) is 9.59 Å². The van der Waals surface area contributed by atoms with E-state index in [1.165, 1.54) is 4.68 Å². The highest BCUT2D eigenvalue weighted by Crippen LogP contribution is 2.17. The Kier molecular flexibility index (Phi) is 4.79. The first-order chi connectivity index (χ1) is 12.0. The zero-order valence-corrected chi connectivity index (χ0v) is 14.5. The third-order valence-corrected chi connectivity index (χ3v) is 4.08. The van der Waals surface area contributed by atoms with E-state index in [1.807, 2.05) is 23.4 Å². The predicted molar refractivity (Wildman–Crippen MR) is 87.5 cm³/mol. The largest absolute Gasteiger partial charge is 0.465 e. The molecule has 10 heteroatoms. The molecule has 0 aromatic carbocycles. The highest BCUT2D eigenvalue weighted by molar-refractivity contribution is 5.94. The maximum Gasteiger partial charge on any atom is 0.327 e. The number of carbonyl (C=O) groups excluding carboxylic acids is 2. The summed E-state index contributed by atoms with van der Waals surface area (Å²) >= 11 is 0. The van der Waals surface area contributed by atoms with Gasteiger partial charge in [-0.05, 0) is 20.9 Å². The molecular weight excluding hydrogens is 326 g/mol. The molecule has 0 radical (unpaired) electrons. The second-order valence-corrected chi connectivity index (χ2v) is 5.90. The van der Waals surface area contributed by atoms with Gasteiger partial charge in [-0.1, -0.05) is 0 Å². The number of likely N-dealkylation sites (N-methyl/N-ethyl adjacent to an activating group) is 1. The number of ether oxygens (including phenoxy) is 1. The smallest absolute Gasteiger partial charge is 0.327 e. The summed E-state index contributed by atoms with van der Waals surface area (Å²) < 4.78 is 8.25. The Bertz CT molecular complexity index is 782. The van der Waals surface area contributed by atoms with Gasteiger partial charge in [-0.2, -0.15) is 5.10 Å². The number of hydrogen-bond acceptors (Lipinski definition) is 7. The Morgan fingerprint density at radius 3 is 2.96 bits per heavy atom. The van der Waals surface area contributed by atoms with E-state index in [-0.39, 0.29) is 24.5 Å². The van der Waals surface area contributed by atoms with Crippen LogP contribution in [0.2, 0.25) is 0 Å². The van der Waals surface area contributed by atoms with Gasteiger partial charge in [0, 0.05) is 12.3 Å². The molecule has 3 heterocycles. The minimum absolute atomic E-state index is 0.0102. The monoisotopic (exact) mass is 347 g/mol. The number of carbonyl (C=O) groups is 2. The van der Waals surface area contributed by atoms with Crippen molar-refractivity contribution in [2.75, 3.05) is 19.0 Å². The topological polar surface area (TPSA) is 107 Å². The van der Waals surface area contributed by atoms with E-state index in [1.54, 1.807) is 19.2 Å². The highest BCUT2D eigenvalue weighted by atomic mass is 16.5. The molecule has 0 aliphatic carbocycles. The normalized spacial score (nSPS) is 17.2. The first-order valence-electron chi connectivity index (χ1n) is 8.06. The van der Waals surface area contributed by atoms with Gasteiger partial charge in [0.25, 0.3) is 0 Å². The minimum Gasteiger partial charge on any atom is -0.465 e. The standard InChI is InChI=1S/C15H21N7O3/c1-4-25-14(23)9-21-6-5-12(19-21)16-15(24)11-7-22-10(2)17-18-13(22)8-20(11)3/h5-6,11H,4,7-9H2,1-3H3,(H,16,19,24). The van der Waals surface area contributed by atoms with Gasteiger partial charge in [-0.15, -0.1) is 10.2 Å². The molecule has 3 rings (SSSR count). The fraction of sp³-hybridized carbons (Fsp3) is 0.533. The molecule has 0 bridgehead atoms. The summed E-state index contributed by atoms with van der Waals surface area (Å²) in [6, 6.07) is 1.30. The van der Waals surface area contributed by atoms with Crippen LogP contribution >= 0.6 is 0 Å². The van der Waals surface area contributed by atoms with Crippen molar-refractivity contribution in [3.8, 4) is 0 Å². The number of esters is 1.